The zero-order valence-electron chi connectivity index (χ0n) is 15.2. The smallest absolute Gasteiger partial charge is 0.287 e. The Labute approximate surface area is 166 Å². The largest absolute Gasteiger partial charge is 0.363 e. The molecule has 0 aliphatic rings. The van der Waals surface area contributed by atoms with Crippen LogP contribution < -0.4 is 11.1 Å². The van der Waals surface area contributed by atoms with Gasteiger partial charge in [0.05, 0.1) is 5.69 Å². The molecule has 3 aromatic rings. The molecule has 3 rings (SSSR count). The van der Waals surface area contributed by atoms with E-state index in [1.165, 1.54) is 0 Å². The summed E-state index contributed by atoms with van der Waals surface area (Å²) in [7, 11) is 0. The maximum absolute atomic E-state index is 12.9. The van der Waals surface area contributed by atoms with E-state index < -0.39 is 23.6 Å². The van der Waals surface area contributed by atoms with Gasteiger partial charge in [-0.1, -0.05) is 60.7 Å². The fourth-order valence-corrected chi connectivity index (χ4v) is 3.74. The summed E-state index contributed by atoms with van der Waals surface area (Å²) in [5.74, 6) is -2.37. The van der Waals surface area contributed by atoms with Crippen molar-refractivity contribution in [2.24, 2.45) is 5.73 Å². The number of nitrogens with zero attached hydrogens (tertiary/aromatic N) is 1. The fourth-order valence-electron chi connectivity index (χ4n) is 2.92. The lowest BCUT2D eigenvalue weighted by Crippen LogP contribution is -2.47. The molecular formula is C21H19N3O3S. The molecule has 3 N–H and O–H groups in total. The number of carbonyl (C=O) groups is 3. The van der Waals surface area contributed by atoms with Gasteiger partial charge < -0.3 is 11.1 Å². The van der Waals surface area contributed by atoms with Crippen LogP contribution in [0.5, 0.6) is 0 Å². The van der Waals surface area contributed by atoms with Gasteiger partial charge in [-0.15, -0.1) is 0 Å². The summed E-state index contributed by atoms with van der Waals surface area (Å²) >= 11 is 1.06. The van der Waals surface area contributed by atoms with E-state index in [0.717, 1.165) is 28.4 Å². The lowest BCUT2D eigenvalue weighted by Gasteiger charge is -2.16. The summed E-state index contributed by atoms with van der Waals surface area (Å²) in [6.07, 6.45) is 0.173. The van der Waals surface area contributed by atoms with Crippen molar-refractivity contribution in [3.8, 4) is 11.1 Å². The maximum atomic E-state index is 12.9. The van der Waals surface area contributed by atoms with Gasteiger partial charge in [0.25, 0.3) is 11.8 Å². The third kappa shape index (κ3) is 4.32. The minimum absolute atomic E-state index is 0.173. The topological polar surface area (TPSA) is 102 Å². The number of rotatable bonds is 7. The van der Waals surface area contributed by atoms with Crippen LogP contribution in [0.1, 0.15) is 20.9 Å². The molecule has 1 unspecified atom stereocenters. The lowest BCUT2D eigenvalue weighted by atomic mass is 10.0. The van der Waals surface area contributed by atoms with E-state index in [-0.39, 0.29) is 6.42 Å². The Morgan fingerprint density at radius 2 is 1.64 bits per heavy atom. The van der Waals surface area contributed by atoms with Crippen LogP contribution in [-0.4, -0.2) is 28.0 Å². The van der Waals surface area contributed by atoms with Gasteiger partial charge in [0.2, 0.25) is 5.78 Å². The van der Waals surface area contributed by atoms with Gasteiger partial charge in [-0.2, -0.15) is 4.37 Å². The molecule has 142 valence electrons. The average Bonchev–Trinajstić information content (AvgIpc) is 3.09. The Morgan fingerprint density at radius 1 is 1.04 bits per heavy atom. The molecule has 0 fully saturated rings. The number of hydrogen-bond acceptors (Lipinski definition) is 5. The molecule has 2 aromatic carbocycles. The van der Waals surface area contributed by atoms with Gasteiger partial charge in [0, 0.05) is 12.0 Å². The van der Waals surface area contributed by atoms with Crippen molar-refractivity contribution < 1.29 is 14.4 Å². The first-order valence-corrected chi connectivity index (χ1v) is 9.45. The van der Waals surface area contributed by atoms with Crippen molar-refractivity contribution in [1.82, 2.24) is 9.69 Å². The number of ketones is 1. The molecular weight excluding hydrogens is 374 g/mol. The van der Waals surface area contributed by atoms with E-state index in [2.05, 4.69) is 9.69 Å². The number of amides is 2. The SMILES string of the molecule is Cc1nsc(C(=O)NC(Cc2ccccc2)C(=O)C(N)=O)c1-c1ccccc1. The van der Waals surface area contributed by atoms with Gasteiger partial charge in [0.1, 0.15) is 10.9 Å². The first-order valence-electron chi connectivity index (χ1n) is 8.67. The maximum Gasteiger partial charge on any atom is 0.287 e. The van der Waals surface area contributed by atoms with Gasteiger partial charge >= 0.3 is 0 Å². The summed E-state index contributed by atoms with van der Waals surface area (Å²) in [5, 5.41) is 2.67. The van der Waals surface area contributed by atoms with E-state index in [1.807, 2.05) is 67.6 Å². The molecule has 0 bridgehead atoms. The Hall–Kier alpha value is -3.32. The summed E-state index contributed by atoms with van der Waals surface area (Å²) in [4.78, 5) is 37.0. The molecule has 0 spiro atoms. The van der Waals surface area contributed by atoms with E-state index in [0.29, 0.717) is 10.4 Å². The van der Waals surface area contributed by atoms with Crippen LogP contribution in [0.3, 0.4) is 0 Å². The van der Waals surface area contributed by atoms with E-state index >= 15 is 0 Å². The number of aromatic nitrogens is 1. The van der Waals surface area contributed by atoms with Crippen molar-refractivity contribution in [2.45, 2.75) is 19.4 Å². The van der Waals surface area contributed by atoms with Gasteiger partial charge in [0.15, 0.2) is 0 Å². The summed E-state index contributed by atoms with van der Waals surface area (Å²) < 4.78 is 4.29. The molecule has 0 saturated carbocycles. The normalized spacial score (nSPS) is 11.6. The molecule has 28 heavy (non-hydrogen) atoms. The molecule has 1 heterocycles. The van der Waals surface area contributed by atoms with Gasteiger partial charge in [-0.3, -0.25) is 14.4 Å². The number of nitrogens with one attached hydrogen (secondary N) is 1. The first kappa shape index (κ1) is 19.4. The number of hydrogen-bond donors (Lipinski definition) is 2. The highest BCUT2D eigenvalue weighted by atomic mass is 32.1. The van der Waals surface area contributed by atoms with Crippen molar-refractivity contribution in [3.05, 3.63) is 76.8 Å². The molecule has 7 heteroatoms. The predicted octanol–water partition coefficient (Wildman–Crippen LogP) is 2.51. The summed E-state index contributed by atoms with van der Waals surface area (Å²) in [5.41, 5.74) is 8.29. The number of aryl methyl sites for hydroxylation is 1. The van der Waals surface area contributed by atoms with Crippen LogP contribution >= 0.6 is 11.5 Å². The molecule has 2 amide bonds. The number of nitrogens with two attached hydrogens (primary N) is 1. The molecule has 6 nitrogen and oxygen atoms in total. The predicted molar refractivity (Wildman–Crippen MR) is 108 cm³/mol. The van der Waals surface area contributed by atoms with Crippen molar-refractivity contribution in [2.75, 3.05) is 0 Å². The Bertz CT molecular complexity index is 1000. The molecule has 0 saturated heterocycles. The Balaban J connectivity index is 1.89. The first-order chi connectivity index (χ1) is 13.5. The van der Waals surface area contributed by atoms with Crippen LogP contribution in [-0.2, 0) is 16.0 Å². The zero-order chi connectivity index (χ0) is 20.1. The minimum atomic E-state index is -1.08. The van der Waals surface area contributed by atoms with Gasteiger partial charge in [-0.05, 0) is 29.6 Å². The fraction of sp³-hybridized carbons (Fsp3) is 0.143. The second-order valence-corrected chi connectivity index (χ2v) is 7.06. The standard InChI is InChI=1S/C21H19N3O3S/c1-13-17(15-10-6-3-7-11-15)19(28-24-13)21(27)23-16(18(25)20(22)26)12-14-8-4-2-5-9-14/h2-11,16H,12H2,1H3,(H2,22,26)(H,23,27). The quantitative estimate of drug-likeness (QED) is 0.602. The van der Waals surface area contributed by atoms with Crippen molar-refractivity contribution in [1.29, 1.82) is 0 Å². The van der Waals surface area contributed by atoms with Gasteiger partial charge in [-0.25, -0.2) is 0 Å². The average molecular weight is 393 g/mol. The van der Waals surface area contributed by atoms with Crippen LogP contribution in [0.2, 0.25) is 0 Å². The monoisotopic (exact) mass is 393 g/mol. The van der Waals surface area contributed by atoms with Crippen molar-refractivity contribution in [3.63, 3.8) is 0 Å². The highest BCUT2D eigenvalue weighted by Crippen LogP contribution is 2.30. The highest BCUT2D eigenvalue weighted by Gasteiger charge is 2.28. The van der Waals surface area contributed by atoms with E-state index in [9.17, 15) is 14.4 Å². The van der Waals surface area contributed by atoms with Crippen molar-refractivity contribution >= 4 is 29.1 Å². The number of primary amides is 1. The highest BCUT2D eigenvalue weighted by molar-refractivity contribution is 7.08. The van der Waals surface area contributed by atoms with Crippen LogP contribution in [0.15, 0.2) is 60.7 Å². The lowest BCUT2D eigenvalue weighted by molar-refractivity contribution is -0.137. The number of carbonyl (C=O) groups excluding carboxylic acids is 3. The summed E-state index contributed by atoms with van der Waals surface area (Å²) in [6.45, 7) is 1.83. The van der Waals surface area contributed by atoms with E-state index in [1.54, 1.807) is 0 Å². The summed E-state index contributed by atoms with van der Waals surface area (Å²) in [6, 6.07) is 17.5. The Morgan fingerprint density at radius 3 is 2.25 bits per heavy atom. The Kier molecular flexibility index (Phi) is 5.96. The third-order valence-corrected chi connectivity index (χ3v) is 5.22. The zero-order valence-corrected chi connectivity index (χ0v) is 16.0. The molecule has 1 aromatic heterocycles. The molecule has 1 atom stereocenters. The number of Topliss-reactive ketones (excluding diaryl/α,β-unsaturated/α-hetero) is 1. The second kappa shape index (κ2) is 8.58. The van der Waals surface area contributed by atoms with Crippen LogP contribution in [0, 0.1) is 6.92 Å². The number of benzene rings is 2. The second-order valence-electron chi connectivity index (χ2n) is 6.28. The minimum Gasteiger partial charge on any atom is -0.363 e. The molecule has 0 radical (unpaired) electrons. The third-order valence-electron chi connectivity index (χ3n) is 4.28. The van der Waals surface area contributed by atoms with E-state index in [4.69, 9.17) is 5.73 Å². The van der Waals surface area contributed by atoms with Crippen LogP contribution in [0.25, 0.3) is 11.1 Å². The van der Waals surface area contributed by atoms with Crippen LogP contribution in [0.4, 0.5) is 0 Å². The molecule has 0 aliphatic carbocycles. The molecule has 0 aliphatic heterocycles.